The Bertz CT molecular complexity index is 1270. The van der Waals surface area contributed by atoms with E-state index in [1.54, 1.807) is 29.1 Å². The molecule has 0 aliphatic heterocycles. The molecule has 0 bridgehead atoms. The quantitative estimate of drug-likeness (QED) is 0.396. The maximum Gasteiger partial charge on any atom is 0.225 e. The van der Waals surface area contributed by atoms with Crippen LogP contribution in [0.2, 0.25) is 0 Å². The second kappa shape index (κ2) is 8.41. The van der Waals surface area contributed by atoms with E-state index in [2.05, 4.69) is 21.2 Å². The van der Waals surface area contributed by atoms with Gasteiger partial charge in [0.25, 0.3) is 0 Å². The Morgan fingerprint density at radius 1 is 1.03 bits per heavy atom. The van der Waals surface area contributed by atoms with Gasteiger partial charge in [-0.25, -0.2) is 9.97 Å². The number of hydrogen-bond donors (Lipinski definition) is 1. The van der Waals surface area contributed by atoms with Gasteiger partial charge in [0.1, 0.15) is 6.33 Å². The lowest BCUT2D eigenvalue weighted by Gasteiger charge is -2.09. The van der Waals surface area contributed by atoms with Crippen molar-refractivity contribution in [3.8, 4) is 23.6 Å². The second-order valence-corrected chi connectivity index (χ2v) is 6.65. The number of rotatable bonds is 6. The van der Waals surface area contributed by atoms with Crippen molar-refractivity contribution in [3.63, 3.8) is 0 Å². The van der Waals surface area contributed by atoms with E-state index in [0.717, 1.165) is 11.3 Å². The zero-order valence-electron chi connectivity index (χ0n) is 16.1. The Balaban J connectivity index is 1.69. The van der Waals surface area contributed by atoms with E-state index in [9.17, 15) is 9.59 Å². The predicted octanol–water partition coefficient (Wildman–Crippen LogP) is 3.98. The number of carbonyl (C=O) groups excluding carboxylic acids is 2. The molecule has 4 aromatic rings. The van der Waals surface area contributed by atoms with Crippen LogP contribution in [0.1, 0.15) is 28.9 Å². The Morgan fingerprint density at radius 3 is 2.67 bits per heavy atom. The number of imidazole rings is 1. The highest BCUT2D eigenvalue weighted by molar-refractivity contribution is 6.11. The van der Waals surface area contributed by atoms with Crippen molar-refractivity contribution >= 4 is 23.0 Å². The molecule has 30 heavy (non-hydrogen) atoms. The minimum atomic E-state index is -0.183. The molecule has 0 spiro atoms. The predicted molar refractivity (Wildman–Crippen MR) is 115 cm³/mol. The van der Waals surface area contributed by atoms with Gasteiger partial charge in [-0.3, -0.25) is 14.0 Å². The lowest BCUT2D eigenvalue weighted by atomic mass is 10.1. The van der Waals surface area contributed by atoms with Crippen LogP contribution in [0.15, 0.2) is 73.2 Å². The summed E-state index contributed by atoms with van der Waals surface area (Å²) in [5.41, 5.74) is 3.65. The Labute approximate surface area is 173 Å². The molecule has 1 N–H and O–H groups in total. The molecule has 4 rings (SSSR count). The Kier molecular flexibility index (Phi) is 5.35. The number of amides is 1. The van der Waals surface area contributed by atoms with Crippen LogP contribution >= 0.6 is 0 Å². The number of carbonyl (C=O) groups is 2. The summed E-state index contributed by atoms with van der Waals surface area (Å²) in [6.07, 6.45) is 9.11. The van der Waals surface area contributed by atoms with Gasteiger partial charge in [-0.15, -0.1) is 12.3 Å². The molecule has 6 nitrogen and oxygen atoms in total. The number of nitrogens with one attached hydrogen (secondary N) is 1. The molecule has 1 amide bonds. The smallest absolute Gasteiger partial charge is 0.225 e. The van der Waals surface area contributed by atoms with Crippen LogP contribution in [-0.2, 0) is 4.79 Å². The summed E-state index contributed by atoms with van der Waals surface area (Å²) in [5.74, 6) is 2.14. The van der Waals surface area contributed by atoms with Crippen molar-refractivity contribution in [1.29, 1.82) is 0 Å². The Morgan fingerprint density at radius 2 is 1.87 bits per heavy atom. The first-order valence-corrected chi connectivity index (χ1v) is 9.43. The minimum Gasteiger partial charge on any atom is -0.326 e. The van der Waals surface area contributed by atoms with Crippen molar-refractivity contribution in [2.75, 3.05) is 5.32 Å². The van der Waals surface area contributed by atoms with Gasteiger partial charge in [-0.2, -0.15) is 0 Å². The van der Waals surface area contributed by atoms with Gasteiger partial charge < -0.3 is 5.32 Å². The number of nitrogens with zero attached hydrogens (tertiary/aromatic N) is 3. The summed E-state index contributed by atoms with van der Waals surface area (Å²) in [4.78, 5) is 33.5. The molecule has 0 fully saturated rings. The van der Waals surface area contributed by atoms with Crippen molar-refractivity contribution in [1.82, 2.24) is 14.4 Å². The molecule has 0 aliphatic carbocycles. The van der Waals surface area contributed by atoms with Crippen molar-refractivity contribution in [2.24, 2.45) is 0 Å². The van der Waals surface area contributed by atoms with Crippen LogP contribution in [0.25, 0.3) is 16.9 Å². The van der Waals surface area contributed by atoms with E-state index >= 15 is 0 Å². The molecule has 0 atom stereocenters. The second-order valence-electron chi connectivity index (χ2n) is 6.65. The minimum absolute atomic E-state index is 0.136. The van der Waals surface area contributed by atoms with Gasteiger partial charge >= 0.3 is 0 Å². The van der Waals surface area contributed by atoms with Crippen LogP contribution in [0.5, 0.6) is 0 Å². The van der Waals surface area contributed by atoms with Gasteiger partial charge in [0.2, 0.25) is 11.7 Å². The number of hydrogen-bond acceptors (Lipinski definition) is 4. The van der Waals surface area contributed by atoms with Gasteiger partial charge in [0.15, 0.2) is 11.3 Å². The van der Waals surface area contributed by atoms with Crippen molar-refractivity contribution in [2.45, 2.75) is 12.8 Å². The molecule has 0 saturated carbocycles. The first-order chi connectivity index (χ1) is 14.7. The fraction of sp³-hybridized carbons (Fsp3) is 0.0833. The lowest BCUT2D eigenvalue weighted by molar-refractivity contribution is -0.116. The summed E-state index contributed by atoms with van der Waals surface area (Å²) >= 11 is 0. The first kappa shape index (κ1) is 19.1. The summed E-state index contributed by atoms with van der Waals surface area (Å²) in [5, 5.41) is 2.85. The average Bonchev–Trinajstić information content (AvgIpc) is 3.22. The monoisotopic (exact) mass is 394 g/mol. The van der Waals surface area contributed by atoms with Crippen LogP contribution in [0.3, 0.4) is 0 Å². The summed E-state index contributed by atoms with van der Waals surface area (Å²) in [7, 11) is 0. The van der Waals surface area contributed by atoms with Crippen molar-refractivity contribution in [3.05, 3.63) is 84.4 Å². The molecule has 0 unspecified atom stereocenters. The average molecular weight is 394 g/mol. The van der Waals surface area contributed by atoms with Crippen LogP contribution in [0, 0.1) is 12.3 Å². The molecule has 0 aliphatic rings. The molecule has 0 saturated heterocycles. The number of fused-ring (bicyclic) bond motifs is 1. The third-order valence-corrected chi connectivity index (χ3v) is 4.62. The molecule has 2 heterocycles. The molecule has 0 radical (unpaired) electrons. The zero-order valence-corrected chi connectivity index (χ0v) is 16.1. The first-order valence-electron chi connectivity index (χ1n) is 9.43. The van der Waals surface area contributed by atoms with E-state index in [1.165, 1.54) is 0 Å². The molecule has 146 valence electrons. The fourth-order valence-corrected chi connectivity index (χ4v) is 3.19. The Hall–Kier alpha value is -4.24. The van der Waals surface area contributed by atoms with E-state index in [1.807, 2.05) is 48.5 Å². The van der Waals surface area contributed by atoms with E-state index in [4.69, 9.17) is 6.42 Å². The maximum absolute atomic E-state index is 12.9. The zero-order chi connectivity index (χ0) is 20.9. The lowest BCUT2D eigenvalue weighted by Crippen LogP contribution is -2.10. The highest BCUT2D eigenvalue weighted by Crippen LogP contribution is 2.25. The maximum atomic E-state index is 12.9. The van der Waals surface area contributed by atoms with E-state index < -0.39 is 0 Å². The standard InChI is InChI=1S/C24H18N4O2/c1-2-3-12-21(29)27-19-11-7-10-18(15-19)20-13-14-25-24-22(26-16-28(20)24)23(30)17-8-5-4-6-9-17/h1,4-11,13-16H,3,12H2,(H,27,29). The normalized spacial score (nSPS) is 10.5. The molecular weight excluding hydrogens is 376 g/mol. The molecule has 2 aromatic heterocycles. The van der Waals surface area contributed by atoms with Crippen LogP contribution in [-0.4, -0.2) is 26.1 Å². The molecule has 2 aromatic carbocycles. The largest absolute Gasteiger partial charge is 0.326 e. The molecule has 6 heteroatoms. The van der Waals surface area contributed by atoms with Gasteiger partial charge in [-0.05, 0) is 18.2 Å². The third-order valence-electron chi connectivity index (χ3n) is 4.62. The van der Waals surface area contributed by atoms with Crippen LogP contribution < -0.4 is 5.32 Å². The number of terminal acetylenes is 1. The van der Waals surface area contributed by atoms with Gasteiger partial charge in [0, 0.05) is 35.9 Å². The number of aromatic nitrogens is 3. The van der Waals surface area contributed by atoms with Crippen LogP contribution in [0.4, 0.5) is 5.69 Å². The molecular formula is C24H18N4O2. The number of benzene rings is 2. The highest BCUT2D eigenvalue weighted by atomic mass is 16.1. The van der Waals surface area contributed by atoms with Crippen molar-refractivity contribution < 1.29 is 9.59 Å². The number of ketones is 1. The summed E-state index contributed by atoms with van der Waals surface area (Å²) < 4.78 is 1.77. The van der Waals surface area contributed by atoms with E-state index in [-0.39, 0.29) is 18.1 Å². The summed E-state index contributed by atoms with van der Waals surface area (Å²) in [6, 6.07) is 18.3. The fourth-order valence-electron chi connectivity index (χ4n) is 3.19. The highest BCUT2D eigenvalue weighted by Gasteiger charge is 2.18. The van der Waals surface area contributed by atoms with Gasteiger partial charge in [-0.1, -0.05) is 42.5 Å². The SMILES string of the molecule is C#CCCC(=O)Nc1cccc(-c2ccnc3c(C(=O)c4ccccc4)ncn23)c1. The number of anilines is 1. The topological polar surface area (TPSA) is 76.4 Å². The summed E-state index contributed by atoms with van der Waals surface area (Å²) in [6.45, 7) is 0. The van der Waals surface area contributed by atoms with Gasteiger partial charge in [0.05, 0.1) is 5.69 Å². The van der Waals surface area contributed by atoms with E-state index in [0.29, 0.717) is 29.0 Å². The third kappa shape index (κ3) is 3.82.